The fourth-order valence-corrected chi connectivity index (χ4v) is 7.11. The molecule has 0 fully saturated rings. The molecule has 2 aromatic rings. The maximum absolute atomic E-state index is 13.3. The molecule has 0 spiro atoms. The van der Waals surface area contributed by atoms with Crippen LogP contribution in [0.5, 0.6) is 0 Å². The number of anilines is 1. The molecule has 1 aromatic carbocycles. The van der Waals surface area contributed by atoms with E-state index in [1.165, 1.54) is 16.9 Å². The molecule has 1 aromatic heterocycles. The van der Waals surface area contributed by atoms with Gasteiger partial charge in [-0.15, -0.1) is 11.3 Å². The number of amidine groups is 1. The summed E-state index contributed by atoms with van der Waals surface area (Å²) in [7, 11) is 0. The monoisotopic (exact) mass is 468 g/mol. The number of fused-ring (bicyclic) bond motifs is 1. The predicted octanol–water partition coefficient (Wildman–Crippen LogP) is 6.18. The van der Waals surface area contributed by atoms with Crippen molar-refractivity contribution >= 4 is 28.0 Å². The second-order valence-corrected chi connectivity index (χ2v) is 10.5. The van der Waals surface area contributed by atoms with Crippen LogP contribution in [0.25, 0.3) is 0 Å². The van der Waals surface area contributed by atoms with Gasteiger partial charge < -0.3 is 0 Å². The average Bonchev–Trinajstić information content (AvgIpc) is 3.03. The Kier molecular flexibility index (Phi) is 6.11. The minimum Gasteiger partial charge on any atom is -0.294 e. The zero-order chi connectivity index (χ0) is 23.8. The highest BCUT2D eigenvalue weighted by molar-refractivity contribution is 7.16. The Bertz CT molecular complexity index is 1270. The average molecular weight is 469 g/mol. The van der Waals surface area contributed by atoms with Crippen LogP contribution in [0.15, 0.2) is 35.5 Å². The lowest BCUT2D eigenvalue weighted by Gasteiger charge is -2.42. The van der Waals surface area contributed by atoms with Crippen LogP contribution < -0.4 is 4.90 Å². The molecule has 2 unspecified atom stereocenters. The molecular formula is C28H28N4OS. The predicted molar refractivity (Wildman–Crippen MR) is 134 cm³/mol. The molecule has 172 valence electrons. The highest BCUT2D eigenvalue weighted by Crippen LogP contribution is 2.49. The minimum absolute atomic E-state index is 0.0696. The molecule has 0 bridgehead atoms. The van der Waals surface area contributed by atoms with Crippen LogP contribution >= 0.6 is 11.3 Å². The van der Waals surface area contributed by atoms with Gasteiger partial charge in [0.1, 0.15) is 22.8 Å². The molecule has 2 aliphatic carbocycles. The van der Waals surface area contributed by atoms with Crippen LogP contribution in [-0.4, -0.2) is 11.6 Å². The van der Waals surface area contributed by atoms with Crippen LogP contribution in [-0.2, 0) is 24.1 Å². The number of nitrogens with one attached hydrogen (secondary N) is 1. The fourth-order valence-electron chi connectivity index (χ4n) is 5.73. The Hall–Kier alpha value is -3.22. The summed E-state index contributed by atoms with van der Waals surface area (Å²) in [4.78, 5) is 16.4. The molecule has 1 N–H and O–H groups in total. The molecule has 0 amide bonds. The van der Waals surface area contributed by atoms with Gasteiger partial charge in [0.25, 0.3) is 0 Å². The molecule has 34 heavy (non-hydrogen) atoms. The van der Waals surface area contributed by atoms with Gasteiger partial charge in [0.2, 0.25) is 0 Å². The Labute approximate surface area is 204 Å². The number of Topliss-reactive ketones (excluding diaryl/α,β-unsaturated/α-hetero) is 1. The van der Waals surface area contributed by atoms with E-state index in [4.69, 9.17) is 5.41 Å². The summed E-state index contributed by atoms with van der Waals surface area (Å²) < 4.78 is 0. The second-order valence-electron chi connectivity index (χ2n) is 9.39. The summed E-state index contributed by atoms with van der Waals surface area (Å²) in [5.74, 6) is -0.957. The van der Waals surface area contributed by atoms with Gasteiger partial charge in [-0.25, -0.2) is 0 Å². The molecule has 2 atom stereocenters. The van der Waals surface area contributed by atoms with Crippen molar-refractivity contribution in [1.82, 2.24) is 0 Å². The van der Waals surface area contributed by atoms with E-state index in [2.05, 4.69) is 31.2 Å². The minimum atomic E-state index is -0.776. The van der Waals surface area contributed by atoms with Crippen molar-refractivity contribution in [2.24, 2.45) is 5.92 Å². The van der Waals surface area contributed by atoms with Gasteiger partial charge >= 0.3 is 0 Å². The Balaban J connectivity index is 1.71. The molecular weight excluding hydrogens is 440 g/mol. The summed E-state index contributed by atoms with van der Waals surface area (Å²) >= 11 is 1.59. The number of allylic oxidation sites excluding steroid dienone is 2. The number of hydrogen-bond donors (Lipinski definition) is 1. The summed E-state index contributed by atoms with van der Waals surface area (Å²) in [6, 6.07) is 12.9. The molecule has 2 heterocycles. The first-order valence-electron chi connectivity index (χ1n) is 12.3. The molecule has 6 heteroatoms. The van der Waals surface area contributed by atoms with Crippen molar-refractivity contribution in [3.05, 3.63) is 62.7 Å². The third-order valence-corrected chi connectivity index (χ3v) is 8.76. The van der Waals surface area contributed by atoms with E-state index in [0.29, 0.717) is 24.0 Å². The number of thiophene rings is 1. The zero-order valence-corrected chi connectivity index (χ0v) is 20.3. The molecule has 0 radical (unpaired) electrons. The molecule has 5 nitrogen and oxygen atoms in total. The Morgan fingerprint density at radius 1 is 1.06 bits per heavy atom. The number of rotatable bonds is 3. The lowest BCUT2D eigenvalue weighted by molar-refractivity contribution is -0.116. The van der Waals surface area contributed by atoms with Gasteiger partial charge in [0.05, 0.1) is 11.6 Å². The lowest BCUT2D eigenvalue weighted by atomic mass is 9.72. The van der Waals surface area contributed by atoms with Crippen molar-refractivity contribution in [3.63, 3.8) is 0 Å². The summed E-state index contributed by atoms with van der Waals surface area (Å²) in [5.41, 5.74) is 5.36. The summed E-state index contributed by atoms with van der Waals surface area (Å²) in [6.45, 7) is 2.10. The molecule has 0 saturated heterocycles. The van der Waals surface area contributed by atoms with Crippen molar-refractivity contribution in [2.75, 3.05) is 4.90 Å². The van der Waals surface area contributed by atoms with Gasteiger partial charge in [-0.2, -0.15) is 10.5 Å². The van der Waals surface area contributed by atoms with Gasteiger partial charge in [-0.1, -0.05) is 37.6 Å². The van der Waals surface area contributed by atoms with Crippen LogP contribution in [0.3, 0.4) is 0 Å². The zero-order valence-electron chi connectivity index (χ0n) is 19.5. The maximum Gasteiger partial charge on any atom is 0.161 e. The van der Waals surface area contributed by atoms with Crippen LogP contribution in [0.1, 0.15) is 78.5 Å². The Morgan fingerprint density at radius 2 is 1.82 bits per heavy atom. The highest BCUT2D eigenvalue weighted by atomic mass is 32.1. The van der Waals surface area contributed by atoms with Gasteiger partial charge in [-0.3, -0.25) is 15.1 Å². The summed E-state index contributed by atoms with van der Waals surface area (Å²) in [6.07, 6.45) is 7.98. The number of ketones is 1. The number of benzene rings is 1. The van der Waals surface area contributed by atoms with Gasteiger partial charge in [-0.05, 0) is 61.6 Å². The molecule has 5 rings (SSSR count). The normalized spacial score (nSPS) is 22.5. The van der Waals surface area contributed by atoms with Crippen molar-refractivity contribution in [2.45, 2.75) is 70.6 Å². The molecule has 0 saturated carbocycles. The third kappa shape index (κ3) is 3.58. The number of carbonyl (C=O) groups is 1. The standard InChI is InChI=1S/C28H28N4OS/c1-2-17-11-13-18(14-12-17)25-21(16-30)27(31)32(22-8-6-9-23(33)26(22)25)28-20(15-29)19-7-4-3-5-10-24(19)34-28/h11-14,21,25,31H,2-10H2,1H3. The number of hydrogen-bond acceptors (Lipinski definition) is 5. The van der Waals surface area contributed by atoms with E-state index in [1.807, 2.05) is 17.0 Å². The highest BCUT2D eigenvalue weighted by Gasteiger charge is 2.46. The first-order chi connectivity index (χ1) is 16.6. The fraction of sp³-hybridized carbons (Fsp3) is 0.429. The van der Waals surface area contributed by atoms with E-state index in [-0.39, 0.29) is 11.6 Å². The van der Waals surface area contributed by atoms with Crippen LogP contribution in [0, 0.1) is 34.0 Å². The van der Waals surface area contributed by atoms with Crippen LogP contribution in [0.2, 0.25) is 0 Å². The molecule has 3 aliphatic rings. The van der Waals surface area contributed by atoms with E-state index in [0.717, 1.165) is 60.3 Å². The topological polar surface area (TPSA) is 91.7 Å². The molecule has 1 aliphatic heterocycles. The van der Waals surface area contributed by atoms with Crippen molar-refractivity contribution in [1.29, 1.82) is 15.9 Å². The number of nitrogens with zero attached hydrogens (tertiary/aromatic N) is 3. The van der Waals surface area contributed by atoms with E-state index in [1.54, 1.807) is 11.3 Å². The maximum atomic E-state index is 13.3. The van der Waals surface area contributed by atoms with E-state index in [9.17, 15) is 15.3 Å². The second kappa shape index (κ2) is 9.20. The summed E-state index contributed by atoms with van der Waals surface area (Å²) in [5, 5.41) is 30.3. The first kappa shape index (κ1) is 22.6. The van der Waals surface area contributed by atoms with Crippen LogP contribution in [0.4, 0.5) is 5.00 Å². The van der Waals surface area contributed by atoms with Crippen molar-refractivity contribution < 1.29 is 4.79 Å². The Morgan fingerprint density at radius 3 is 2.53 bits per heavy atom. The van der Waals surface area contributed by atoms with Gasteiger partial charge in [0, 0.05) is 28.5 Å². The number of aryl methyl sites for hydroxylation is 2. The number of nitriles is 2. The van der Waals surface area contributed by atoms with E-state index >= 15 is 0 Å². The smallest absolute Gasteiger partial charge is 0.161 e. The van der Waals surface area contributed by atoms with Crippen molar-refractivity contribution in [3.8, 4) is 12.1 Å². The lowest BCUT2D eigenvalue weighted by Crippen LogP contribution is -2.45. The van der Waals surface area contributed by atoms with Gasteiger partial charge in [0.15, 0.2) is 5.78 Å². The quantitative estimate of drug-likeness (QED) is 0.545. The SMILES string of the molecule is CCc1ccc(C2C3=C(CCCC3=O)N(c3sc4c(c3C#N)CCCCC4)C(=N)C2C#N)cc1. The van der Waals surface area contributed by atoms with E-state index < -0.39 is 11.8 Å². The third-order valence-electron chi connectivity index (χ3n) is 7.48. The number of carbonyl (C=O) groups excluding carboxylic acids is 1. The largest absolute Gasteiger partial charge is 0.294 e. The first-order valence-corrected chi connectivity index (χ1v) is 13.1.